The maximum atomic E-state index is 12.6. The Morgan fingerprint density at radius 1 is 1.06 bits per heavy atom. The van der Waals surface area contributed by atoms with Crippen LogP contribution < -0.4 is 20.1 Å². The van der Waals surface area contributed by atoms with E-state index < -0.39 is 0 Å². The second-order valence-electron chi connectivity index (χ2n) is 8.00. The molecule has 4 rings (SSSR count). The van der Waals surface area contributed by atoms with Crippen molar-refractivity contribution in [2.45, 2.75) is 32.9 Å². The minimum atomic E-state index is -0.279. The maximum Gasteiger partial charge on any atom is 0.260 e. The largest absolute Gasteiger partial charge is 0.490 e. The van der Waals surface area contributed by atoms with Crippen molar-refractivity contribution in [2.24, 2.45) is 0 Å². The van der Waals surface area contributed by atoms with E-state index in [1.54, 1.807) is 0 Å². The van der Waals surface area contributed by atoms with Crippen molar-refractivity contribution in [1.29, 1.82) is 0 Å². The number of amides is 1. The van der Waals surface area contributed by atoms with Gasteiger partial charge in [0.2, 0.25) is 0 Å². The molecule has 176 valence electrons. The molecule has 1 amide bonds. The highest BCUT2D eigenvalue weighted by atomic mass is 35.5. The predicted octanol–water partition coefficient (Wildman–Crippen LogP) is 6.53. The number of nitrogens with one attached hydrogen (secondary N) is 2. The highest BCUT2D eigenvalue weighted by Crippen LogP contribution is 2.34. The molecular weight excluding hydrogens is 468 g/mol. The maximum absolute atomic E-state index is 12.6. The van der Waals surface area contributed by atoms with Crippen LogP contribution in [0, 0.1) is 13.8 Å². The van der Waals surface area contributed by atoms with E-state index in [4.69, 9.17) is 21.1 Å². The summed E-state index contributed by atoms with van der Waals surface area (Å²) in [7, 11) is 0. The summed E-state index contributed by atoms with van der Waals surface area (Å²) in [5.74, 6) is 1.20. The van der Waals surface area contributed by atoms with E-state index in [1.165, 1.54) is 17.3 Å². The Hall–Kier alpha value is -3.09. The van der Waals surface area contributed by atoms with Crippen molar-refractivity contribution in [1.82, 2.24) is 5.32 Å². The van der Waals surface area contributed by atoms with Gasteiger partial charge in [0, 0.05) is 10.7 Å². The molecule has 0 spiro atoms. The lowest BCUT2D eigenvalue weighted by Crippen LogP contribution is -2.31. The van der Waals surface area contributed by atoms with Crippen molar-refractivity contribution in [3.63, 3.8) is 0 Å². The number of thioether (sulfide) groups is 1. The average Bonchev–Trinajstić information content (AvgIpc) is 3.14. The second kappa shape index (κ2) is 10.9. The van der Waals surface area contributed by atoms with Crippen LogP contribution in [0.1, 0.15) is 29.2 Å². The second-order valence-corrected chi connectivity index (χ2v) is 9.58. The first-order valence-corrected chi connectivity index (χ1v) is 12.3. The van der Waals surface area contributed by atoms with Crippen molar-refractivity contribution in [3.05, 3.63) is 92.8 Å². The molecule has 3 aromatic rings. The molecule has 0 aromatic heterocycles. The minimum absolute atomic E-state index is 0.125. The molecule has 1 atom stereocenters. The fourth-order valence-electron chi connectivity index (χ4n) is 3.57. The average molecular weight is 495 g/mol. The third-order valence-corrected chi connectivity index (χ3v) is 6.52. The van der Waals surface area contributed by atoms with Crippen LogP contribution in [0.3, 0.4) is 0 Å². The zero-order valence-electron chi connectivity index (χ0n) is 19.4. The van der Waals surface area contributed by atoms with Gasteiger partial charge in [-0.05, 0) is 67.8 Å². The standard InChI is InChI=1S/C27H27ClN2O3S/c1-4-32-24-13-19(9-11-23(24)33-16-20-7-5-6-17(2)12-20)14-25-26(31)30-27(34-25)29-22-15-21(28)10-8-18(22)3/h5-15,27,29H,4,16H2,1-3H3,(H,30,31)/b25-14-. The Kier molecular flexibility index (Phi) is 7.70. The van der Waals surface area contributed by atoms with Gasteiger partial charge in [-0.15, -0.1) is 0 Å². The number of halogens is 1. The van der Waals surface area contributed by atoms with Crippen LogP contribution in [0.4, 0.5) is 5.69 Å². The van der Waals surface area contributed by atoms with Gasteiger partial charge >= 0.3 is 0 Å². The van der Waals surface area contributed by atoms with E-state index in [2.05, 4.69) is 29.7 Å². The fourth-order valence-corrected chi connectivity index (χ4v) is 4.72. The topological polar surface area (TPSA) is 59.6 Å². The molecule has 5 nitrogen and oxygen atoms in total. The molecule has 0 aliphatic carbocycles. The Morgan fingerprint density at radius 2 is 1.91 bits per heavy atom. The SMILES string of the molecule is CCOc1cc(/C=C2\SC(Nc3cc(Cl)ccc3C)NC2=O)ccc1OCc1cccc(C)c1. The van der Waals surface area contributed by atoms with Gasteiger partial charge in [-0.25, -0.2) is 0 Å². The minimum Gasteiger partial charge on any atom is -0.490 e. The van der Waals surface area contributed by atoms with E-state index in [9.17, 15) is 4.79 Å². The summed E-state index contributed by atoms with van der Waals surface area (Å²) in [6.45, 7) is 6.96. The first-order chi connectivity index (χ1) is 16.4. The molecule has 2 N–H and O–H groups in total. The molecular formula is C27H27ClN2O3S. The first kappa shape index (κ1) is 24.0. The molecule has 1 heterocycles. The predicted molar refractivity (Wildman–Crippen MR) is 140 cm³/mol. The number of hydrogen-bond acceptors (Lipinski definition) is 5. The normalized spacial score (nSPS) is 16.4. The molecule has 34 heavy (non-hydrogen) atoms. The summed E-state index contributed by atoms with van der Waals surface area (Å²) >= 11 is 7.55. The van der Waals surface area contributed by atoms with Gasteiger partial charge in [-0.1, -0.05) is 65.3 Å². The number of anilines is 1. The summed E-state index contributed by atoms with van der Waals surface area (Å²) < 4.78 is 11.8. The van der Waals surface area contributed by atoms with Gasteiger partial charge in [0.15, 0.2) is 17.0 Å². The van der Waals surface area contributed by atoms with Crippen molar-refractivity contribution < 1.29 is 14.3 Å². The molecule has 1 saturated heterocycles. The van der Waals surface area contributed by atoms with E-state index in [0.29, 0.717) is 34.6 Å². The van der Waals surface area contributed by atoms with Gasteiger partial charge in [0.05, 0.1) is 11.5 Å². The Labute approximate surface area is 209 Å². The number of carbonyl (C=O) groups excluding carboxylic acids is 1. The van der Waals surface area contributed by atoms with Crippen molar-refractivity contribution in [2.75, 3.05) is 11.9 Å². The molecule has 1 unspecified atom stereocenters. The Balaban J connectivity index is 1.47. The smallest absolute Gasteiger partial charge is 0.260 e. The van der Waals surface area contributed by atoms with E-state index in [1.807, 2.05) is 68.5 Å². The summed E-state index contributed by atoms with van der Waals surface area (Å²) in [4.78, 5) is 13.2. The number of carbonyl (C=O) groups is 1. The summed E-state index contributed by atoms with van der Waals surface area (Å²) in [6, 6.07) is 19.6. The molecule has 1 aliphatic rings. The quantitative estimate of drug-likeness (QED) is 0.348. The molecule has 3 aromatic carbocycles. The van der Waals surface area contributed by atoms with Crippen LogP contribution in [0.5, 0.6) is 11.5 Å². The first-order valence-electron chi connectivity index (χ1n) is 11.1. The van der Waals surface area contributed by atoms with Crippen LogP contribution in [0.25, 0.3) is 6.08 Å². The highest BCUT2D eigenvalue weighted by molar-refractivity contribution is 8.05. The van der Waals surface area contributed by atoms with Crippen LogP contribution >= 0.6 is 23.4 Å². The summed E-state index contributed by atoms with van der Waals surface area (Å²) in [5, 5.41) is 6.94. The molecule has 1 fully saturated rings. The lowest BCUT2D eigenvalue weighted by Gasteiger charge is -2.15. The van der Waals surface area contributed by atoms with Crippen LogP contribution in [-0.2, 0) is 11.4 Å². The van der Waals surface area contributed by atoms with Crippen LogP contribution in [-0.4, -0.2) is 18.0 Å². The number of benzene rings is 3. The van der Waals surface area contributed by atoms with Gasteiger partial charge < -0.3 is 20.1 Å². The van der Waals surface area contributed by atoms with E-state index in [0.717, 1.165) is 22.4 Å². The van der Waals surface area contributed by atoms with Crippen LogP contribution in [0.15, 0.2) is 65.6 Å². The fraction of sp³-hybridized carbons (Fsp3) is 0.222. The molecule has 7 heteroatoms. The summed E-state index contributed by atoms with van der Waals surface area (Å²) in [5.41, 5.74) is 4.82. The van der Waals surface area contributed by atoms with Crippen molar-refractivity contribution in [3.8, 4) is 11.5 Å². The van der Waals surface area contributed by atoms with Gasteiger partial charge in [-0.3, -0.25) is 4.79 Å². The molecule has 1 aliphatic heterocycles. The zero-order chi connectivity index (χ0) is 24.1. The van der Waals surface area contributed by atoms with E-state index in [-0.39, 0.29) is 11.4 Å². The van der Waals surface area contributed by atoms with Gasteiger partial charge in [0.25, 0.3) is 5.91 Å². The number of aryl methyl sites for hydroxylation is 2. The van der Waals surface area contributed by atoms with Gasteiger partial charge in [0.1, 0.15) is 6.61 Å². The summed E-state index contributed by atoms with van der Waals surface area (Å²) in [6.07, 6.45) is 1.86. The number of rotatable bonds is 8. The molecule has 0 radical (unpaired) electrons. The highest BCUT2D eigenvalue weighted by Gasteiger charge is 2.27. The van der Waals surface area contributed by atoms with Crippen molar-refractivity contribution >= 4 is 41.0 Å². The Morgan fingerprint density at radius 3 is 2.71 bits per heavy atom. The van der Waals surface area contributed by atoms with Gasteiger partial charge in [-0.2, -0.15) is 0 Å². The zero-order valence-corrected chi connectivity index (χ0v) is 20.9. The Bertz CT molecular complexity index is 1230. The lowest BCUT2D eigenvalue weighted by atomic mass is 10.1. The molecule has 0 saturated carbocycles. The van der Waals surface area contributed by atoms with E-state index >= 15 is 0 Å². The monoisotopic (exact) mass is 494 g/mol. The number of ether oxygens (including phenoxy) is 2. The number of hydrogen-bond donors (Lipinski definition) is 2. The van der Waals surface area contributed by atoms with Crippen LogP contribution in [0.2, 0.25) is 5.02 Å². The molecule has 0 bridgehead atoms. The third-order valence-electron chi connectivity index (χ3n) is 5.26. The lowest BCUT2D eigenvalue weighted by molar-refractivity contribution is -0.116. The third kappa shape index (κ3) is 6.07.